The third-order valence-corrected chi connectivity index (χ3v) is 6.40. The maximum Gasteiger partial charge on any atom is 0.319 e. The van der Waals surface area contributed by atoms with Gasteiger partial charge in [-0.1, -0.05) is 12.1 Å². The molecule has 7 nitrogen and oxygen atoms in total. The second-order valence-electron chi connectivity index (χ2n) is 8.48. The lowest BCUT2D eigenvalue weighted by Crippen LogP contribution is -2.48. The number of likely N-dealkylation sites (N-methyl/N-ethyl adjacent to an activating group) is 2. The van der Waals surface area contributed by atoms with Gasteiger partial charge in [-0.25, -0.2) is 4.79 Å². The summed E-state index contributed by atoms with van der Waals surface area (Å²) in [4.78, 5) is 19.7. The molecule has 2 amide bonds. The van der Waals surface area contributed by atoms with Gasteiger partial charge in [-0.05, 0) is 54.9 Å². The van der Waals surface area contributed by atoms with Gasteiger partial charge in [0.05, 0.1) is 13.2 Å². The Morgan fingerprint density at radius 2 is 1.77 bits per heavy atom. The number of piperazine rings is 1. The van der Waals surface area contributed by atoms with Crippen molar-refractivity contribution in [3.8, 4) is 5.75 Å². The summed E-state index contributed by atoms with van der Waals surface area (Å²) in [5, 5.41) is 6.01. The largest absolute Gasteiger partial charge is 0.497 e. The number of rotatable bonds is 6. The van der Waals surface area contributed by atoms with E-state index in [4.69, 9.17) is 4.74 Å². The molecule has 1 saturated heterocycles. The first-order valence-electron chi connectivity index (χ1n) is 11.0. The number of carbonyl (C=O) groups excluding carboxylic acids is 1. The van der Waals surface area contributed by atoms with Crippen LogP contribution in [0.25, 0.3) is 0 Å². The Bertz CT molecular complexity index is 893. The third kappa shape index (κ3) is 5.11. The Balaban J connectivity index is 1.45. The first-order valence-corrected chi connectivity index (χ1v) is 11.0. The predicted octanol–water partition coefficient (Wildman–Crippen LogP) is 2.80. The molecule has 4 rings (SSSR count). The van der Waals surface area contributed by atoms with Gasteiger partial charge in [-0.2, -0.15) is 0 Å². The lowest BCUT2D eigenvalue weighted by Gasteiger charge is -2.38. The molecular weight excluding hydrogens is 390 g/mol. The van der Waals surface area contributed by atoms with E-state index in [0.717, 1.165) is 50.6 Å². The van der Waals surface area contributed by atoms with Crippen molar-refractivity contribution in [3.05, 3.63) is 53.6 Å². The van der Waals surface area contributed by atoms with E-state index in [1.807, 2.05) is 24.3 Å². The topological polar surface area (TPSA) is 60.1 Å². The number of carbonyl (C=O) groups is 1. The number of methoxy groups -OCH3 is 1. The standard InChI is InChI=1S/C24H33N5O2/c1-27-12-14-29(15-13-27)23(18-4-9-22-19(16-18)10-11-28(22)2)17-25-24(30)26-20-5-7-21(31-3)8-6-20/h4-9,16,23H,10-15,17H2,1-3H3,(H2,25,26,30)/t23-/m1/s1. The van der Waals surface area contributed by atoms with Crippen LogP contribution in [-0.2, 0) is 6.42 Å². The smallest absolute Gasteiger partial charge is 0.319 e. The average Bonchev–Trinajstić information content (AvgIpc) is 3.16. The van der Waals surface area contributed by atoms with Crippen molar-refractivity contribution in [2.75, 3.05) is 70.7 Å². The zero-order valence-electron chi connectivity index (χ0n) is 18.7. The van der Waals surface area contributed by atoms with E-state index in [0.29, 0.717) is 6.54 Å². The van der Waals surface area contributed by atoms with E-state index in [9.17, 15) is 4.79 Å². The molecule has 0 radical (unpaired) electrons. The normalized spacial score (nSPS) is 17.8. The van der Waals surface area contributed by atoms with E-state index in [-0.39, 0.29) is 12.1 Å². The van der Waals surface area contributed by atoms with Crippen molar-refractivity contribution in [2.45, 2.75) is 12.5 Å². The van der Waals surface area contributed by atoms with Crippen LogP contribution in [0.5, 0.6) is 5.75 Å². The zero-order chi connectivity index (χ0) is 21.8. The van der Waals surface area contributed by atoms with Crippen molar-refractivity contribution in [1.29, 1.82) is 0 Å². The highest BCUT2D eigenvalue weighted by Gasteiger charge is 2.26. The molecule has 166 valence electrons. The number of urea groups is 1. The highest BCUT2D eigenvalue weighted by molar-refractivity contribution is 5.89. The Labute approximate surface area is 185 Å². The summed E-state index contributed by atoms with van der Waals surface area (Å²) in [5.74, 6) is 0.767. The Kier molecular flexibility index (Phi) is 6.63. The highest BCUT2D eigenvalue weighted by atomic mass is 16.5. The number of nitrogens with zero attached hydrogens (tertiary/aromatic N) is 3. The molecule has 0 unspecified atom stereocenters. The number of nitrogens with one attached hydrogen (secondary N) is 2. The molecule has 2 N–H and O–H groups in total. The molecule has 0 aromatic heterocycles. The predicted molar refractivity (Wildman–Crippen MR) is 125 cm³/mol. The SMILES string of the molecule is COc1ccc(NC(=O)NC[C@H](c2ccc3c(c2)CCN3C)N2CCN(C)CC2)cc1. The number of hydrogen-bond acceptors (Lipinski definition) is 5. The van der Waals surface area contributed by atoms with Crippen LogP contribution in [-0.4, -0.2) is 76.3 Å². The Morgan fingerprint density at radius 3 is 2.48 bits per heavy atom. The molecule has 1 atom stereocenters. The number of ether oxygens (including phenoxy) is 1. The molecule has 31 heavy (non-hydrogen) atoms. The van der Waals surface area contributed by atoms with Gasteiger partial charge in [0.15, 0.2) is 0 Å². The van der Waals surface area contributed by atoms with Gasteiger partial charge in [0, 0.05) is 57.7 Å². The highest BCUT2D eigenvalue weighted by Crippen LogP contribution is 2.31. The molecule has 2 aromatic carbocycles. The minimum absolute atomic E-state index is 0.159. The fourth-order valence-corrected chi connectivity index (χ4v) is 4.42. The summed E-state index contributed by atoms with van der Waals surface area (Å²) in [6.45, 7) is 5.73. The summed E-state index contributed by atoms with van der Waals surface area (Å²) in [6.07, 6.45) is 1.08. The van der Waals surface area contributed by atoms with E-state index in [1.165, 1.54) is 16.8 Å². The maximum atomic E-state index is 12.6. The monoisotopic (exact) mass is 423 g/mol. The van der Waals surface area contributed by atoms with Crippen molar-refractivity contribution < 1.29 is 9.53 Å². The molecule has 0 bridgehead atoms. The molecule has 1 fully saturated rings. The Hall–Kier alpha value is -2.77. The minimum Gasteiger partial charge on any atom is -0.497 e. The second kappa shape index (κ2) is 9.58. The molecule has 0 saturated carbocycles. The maximum absolute atomic E-state index is 12.6. The fraction of sp³-hybridized carbons (Fsp3) is 0.458. The van der Waals surface area contributed by atoms with Gasteiger partial charge >= 0.3 is 6.03 Å². The molecule has 2 aromatic rings. The number of hydrogen-bond donors (Lipinski definition) is 2. The fourth-order valence-electron chi connectivity index (χ4n) is 4.42. The van der Waals surface area contributed by atoms with Crippen LogP contribution in [0, 0.1) is 0 Å². The average molecular weight is 424 g/mol. The first kappa shape index (κ1) is 21.5. The van der Waals surface area contributed by atoms with E-state index < -0.39 is 0 Å². The molecular formula is C24H33N5O2. The molecule has 2 aliphatic rings. The third-order valence-electron chi connectivity index (χ3n) is 6.40. The number of benzene rings is 2. The summed E-state index contributed by atoms with van der Waals surface area (Å²) in [7, 11) is 5.94. The second-order valence-corrected chi connectivity index (χ2v) is 8.48. The number of fused-ring (bicyclic) bond motifs is 1. The van der Waals surface area contributed by atoms with E-state index >= 15 is 0 Å². The van der Waals surface area contributed by atoms with E-state index in [2.05, 4.69) is 57.6 Å². The first-order chi connectivity index (χ1) is 15.0. The van der Waals surface area contributed by atoms with Crippen molar-refractivity contribution >= 4 is 17.4 Å². The van der Waals surface area contributed by atoms with Gasteiger partial charge in [0.2, 0.25) is 0 Å². The molecule has 0 spiro atoms. The van der Waals surface area contributed by atoms with Gasteiger partial charge < -0.3 is 25.2 Å². The van der Waals surface area contributed by atoms with Crippen molar-refractivity contribution in [2.24, 2.45) is 0 Å². The number of anilines is 2. The molecule has 0 aliphatic carbocycles. The van der Waals surface area contributed by atoms with Gasteiger partial charge in [0.1, 0.15) is 5.75 Å². The van der Waals surface area contributed by atoms with Crippen LogP contribution in [0.2, 0.25) is 0 Å². The van der Waals surface area contributed by atoms with Crippen molar-refractivity contribution in [1.82, 2.24) is 15.1 Å². The molecule has 7 heteroatoms. The van der Waals surface area contributed by atoms with Crippen LogP contribution < -0.4 is 20.3 Å². The lowest BCUT2D eigenvalue weighted by molar-refractivity contribution is 0.111. The summed E-state index contributed by atoms with van der Waals surface area (Å²) in [6, 6.07) is 14.1. The summed E-state index contributed by atoms with van der Waals surface area (Å²) in [5.41, 5.74) is 4.76. The summed E-state index contributed by atoms with van der Waals surface area (Å²) >= 11 is 0. The summed E-state index contributed by atoms with van der Waals surface area (Å²) < 4.78 is 5.17. The van der Waals surface area contributed by atoms with Crippen LogP contribution in [0.3, 0.4) is 0 Å². The number of amides is 2. The van der Waals surface area contributed by atoms with Crippen LogP contribution in [0.4, 0.5) is 16.2 Å². The minimum atomic E-state index is -0.190. The van der Waals surface area contributed by atoms with Gasteiger partial charge in [-0.15, -0.1) is 0 Å². The van der Waals surface area contributed by atoms with Crippen LogP contribution in [0.15, 0.2) is 42.5 Å². The zero-order valence-corrected chi connectivity index (χ0v) is 18.7. The van der Waals surface area contributed by atoms with Crippen LogP contribution >= 0.6 is 0 Å². The van der Waals surface area contributed by atoms with Gasteiger partial charge in [-0.3, -0.25) is 4.90 Å². The van der Waals surface area contributed by atoms with Crippen LogP contribution in [0.1, 0.15) is 17.2 Å². The van der Waals surface area contributed by atoms with E-state index in [1.54, 1.807) is 7.11 Å². The van der Waals surface area contributed by atoms with Gasteiger partial charge in [0.25, 0.3) is 0 Å². The molecule has 2 aliphatic heterocycles. The van der Waals surface area contributed by atoms with Crippen molar-refractivity contribution in [3.63, 3.8) is 0 Å². The quantitative estimate of drug-likeness (QED) is 0.748. The molecule has 2 heterocycles. The lowest BCUT2D eigenvalue weighted by atomic mass is 10.00. The Morgan fingerprint density at radius 1 is 1.03 bits per heavy atom.